The van der Waals surface area contributed by atoms with E-state index in [0.29, 0.717) is 13.1 Å². The normalized spacial score (nSPS) is 12.1. The number of nitrogens with two attached hydrogens (primary N) is 1. The molecule has 0 aliphatic carbocycles. The van der Waals surface area contributed by atoms with Crippen molar-refractivity contribution in [1.82, 2.24) is 10.2 Å². The zero-order valence-corrected chi connectivity index (χ0v) is 13.2. The fraction of sp³-hybridized carbons (Fsp3) is 0.250. The van der Waals surface area contributed by atoms with Crippen LogP contribution in [0.5, 0.6) is 0 Å². The largest absolute Gasteiger partial charge is 0.351 e. The van der Waals surface area contributed by atoms with Gasteiger partial charge in [0.1, 0.15) is 6.04 Å². The van der Waals surface area contributed by atoms with Crippen LogP contribution < -0.4 is 11.1 Å². The zero-order valence-electron chi connectivity index (χ0n) is 12.4. The maximum absolute atomic E-state index is 12.4. The van der Waals surface area contributed by atoms with E-state index in [9.17, 15) is 9.59 Å². The molecule has 3 N–H and O–H groups in total. The fourth-order valence-corrected chi connectivity index (χ4v) is 3.07. The van der Waals surface area contributed by atoms with Crippen LogP contribution >= 0.6 is 11.3 Å². The molecule has 0 radical (unpaired) electrons. The van der Waals surface area contributed by atoms with Gasteiger partial charge >= 0.3 is 6.03 Å². The number of carbonyl (C=O) groups excluding carboxylic acids is 2. The Hall–Kier alpha value is -2.18. The number of thiophene rings is 1. The number of nitrogens with zero attached hydrogens (tertiary/aromatic N) is 1. The first-order valence-corrected chi connectivity index (χ1v) is 7.91. The highest BCUT2D eigenvalue weighted by atomic mass is 32.1. The summed E-state index contributed by atoms with van der Waals surface area (Å²) in [6.07, 6.45) is 0. The van der Waals surface area contributed by atoms with Gasteiger partial charge in [-0.05, 0) is 23.6 Å². The van der Waals surface area contributed by atoms with Gasteiger partial charge in [0, 0.05) is 11.4 Å². The number of hydrogen-bond acceptors (Lipinski definition) is 4. The molecule has 0 fully saturated rings. The van der Waals surface area contributed by atoms with Crippen LogP contribution in [0.2, 0.25) is 0 Å². The van der Waals surface area contributed by atoms with Crippen molar-refractivity contribution in [2.75, 3.05) is 6.54 Å². The average molecular weight is 317 g/mol. The van der Waals surface area contributed by atoms with Crippen LogP contribution in [0.4, 0.5) is 4.79 Å². The van der Waals surface area contributed by atoms with Crippen molar-refractivity contribution in [2.24, 2.45) is 5.73 Å². The molecule has 6 heteroatoms. The molecule has 0 aliphatic heterocycles. The Morgan fingerprint density at radius 2 is 1.95 bits per heavy atom. The number of hydrogen-bond donors (Lipinski definition) is 2. The summed E-state index contributed by atoms with van der Waals surface area (Å²) in [6.45, 7) is 3.30. The second kappa shape index (κ2) is 7.72. The number of urea groups is 1. The SMILES string of the molecule is CCN(Cc1cccs1)[C@@H](C(=O)NC(N)=O)c1ccccc1. The molecule has 2 rings (SSSR count). The standard InChI is InChI=1S/C16H19N3O2S/c1-2-19(11-13-9-6-10-22-13)14(15(20)18-16(17)21)12-7-4-3-5-8-12/h3-10,14H,2,11H2,1H3,(H3,17,18,20,21)/t14-/m1/s1. The van der Waals surface area contributed by atoms with E-state index in [2.05, 4.69) is 5.32 Å². The van der Waals surface area contributed by atoms with Crippen molar-refractivity contribution in [1.29, 1.82) is 0 Å². The lowest BCUT2D eigenvalue weighted by atomic mass is 10.0. The number of benzene rings is 1. The van der Waals surface area contributed by atoms with Gasteiger partial charge in [-0.15, -0.1) is 11.3 Å². The van der Waals surface area contributed by atoms with Crippen LogP contribution in [-0.2, 0) is 11.3 Å². The van der Waals surface area contributed by atoms with Gasteiger partial charge in [-0.25, -0.2) is 4.79 Å². The molecule has 5 nitrogen and oxygen atoms in total. The Morgan fingerprint density at radius 1 is 1.23 bits per heavy atom. The molecule has 1 heterocycles. The quantitative estimate of drug-likeness (QED) is 0.859. The molecule has 1 aromatic carbocycles. The molecular formula is C16H19N3O2S. The molecule has 0 spiro atoms. The number of carbonyl (C=O) groups is 2. The van der Waals surface area contributed by atoms with E-state index in [4.69, 9.17) is 5.73 Å². The van der Waals surface area contributed by atoms with Crippen molar-refractivity contribution in [2.45, 2.75) is 19.5 Å². The predicted octanol–water partition coefficient (Wildman–Crippen LogP) is 2.51. The van der Waals surface area contributed by atoms with E-state index in [0.717, 1.165) is 10.4 Å². The molecule has 116 valence electrons. The third-order valence-electron chi connectivity index (χ3n) is 3.32. The maximum atomic E-state index is 12.4. The molecule has 22 heavy (non-hydrogen) atoms. The van der Waals surface area contributed by atoms with E-state index in [-0.39, 0.29) is 0 Å². The van der Waals surface area contributed by atoms with Crippen molar-refractivity contribution in [3.63, 3.8) is 0 Å². The maximum Gasteiger partial charge on any atom is 0.318 e. The zero-order chi connectivity index (χ0) is 15.9. The van der Waals surface area contributed by atoms with Gasteiger partial charge in [-0.2, -0.15) is 0 Å². The first-order valence-electron chi connectivity index (χ1n) is 7.03. The Morgan fingerprint density at radius 3 is 2.50 bits per heavy atom. The third-order valence-corrected chi connectivity index (χ3v) is 4.18. The highest BCUT2D eigenvalue weighted by molar-refractivity contribution is 7.09. The van der Waals surface area contributed by atoms with Gasteiger partial charge in [0.25, 0.3) is 0 Å². The number of rotatable bonds is 6. The number of imide groups is 1. The van der Waals surface area contributed by atoms with Gasteiger partial charge in [0.05, 0.1) is 0 Å². The van der Waals surface area contributed by atoms with Crippen LogP contribution in [0.3, 0.4) is 0 Å². The van der Waals surface area contributed by atoms with E-state index in [1.807, 2.05) is 59.7 Å². The van der Waals surface area contributed by atoms with E-state index in [1.54, 1.807) is 11.3 Å². The molecule has 1 aromatic heterocycles. The summed E-state index contributed by atoms with van der Waals surface area (Å²) in [5.41, 5.74) is 5.93. The molecule has 0 aliphatic rings. The summed E-state index contributed by atoms with van der Waals surface area (Å²) in [5, 5.41) is 4.20. The minimum atomic E-state index is -0.835. The number of amides is 3. The summed E-state index contributed by atoms with van der Waals surface area (Å²) >= 11 is 1.64. The smallest absolute Gasteiger partial charge is 0.318 e. The Bertz CT molecular complexity index is 614. The van der Waals surface area contributed by atoms with Crippen LogP contribution in [0.25, 0.3) is 0 Å². The second-order valence-corrected chi connectivity index (χ2v) is 5.84. The lowest BCUT2D eigenvalue weighted by Crippen LogP contribution is -2.44. The van der Waals surface area contributed by atoms with Crippen LogP contribution in [0, 0.1) is 0 Å². The topological polar surface area (TPSA) is 75.4 Å². The molecule has 1 atom stereocenters. The molecule has 0 saturated heterocycles. The third kappa shape index (κ3) is 4.16. The van der Waals surface area contributed by atoms with Gasteiger partial charge in [0.15, 0.2) is 0 Å². The van der Waals surface area contributed by atoms with Crippen molar-refractivity contribution in [3.8, 4) is 0 Å². The summed E-state index contributed by atoms with van der Waals surface area (Å²) in [7, 11) is 0. The second-order valence-electron chi connectivity index (χ2n) is 4.81. The summed E-state index contributed by atoms with van der Waals surface area (Å²) in [5.74, 6) is -0.405. The van der Waals surface area contributed by atoms with Crippen LogP contribution in [-0.4, -0.2) is 23.4 Å². The fourth-order valence-electron chi connectivity index (χ4n) is 2.34. The molecule has 0 saturated carbocycles. The van der Waals surface area contributed by atoms with Crippen molar-refractivity contribution >= 4 is 23.3 Å². The van der Waals surface area contributed by atoms with Gasteiger partial charge in [-0.1, -0.05) is 43.3 Å². The molecule has 0 bridgehead atoms. The van der Waals surface area contributed by atoms with Crippen LogP contribution in [0.1, 0.15) is 23.4 Å². The van der Waals surface area contributed by atoms with E-state index >= 15 is 0 Å². The highest BCUT2D eigenvalue weighted by Crippen LogP contribution is 2.24. The first kappa shape index (κ1) is 16.2. The Labute approximate surface area is 133 Å². The molecular weight excluding hydrogens is 298 g/mol. The highest BCUT2D eigenvalue weighted by Gasteiger charge is 2.27. The molecule has 0 unspecified atom stereocenters. The van der Waals surface area contributed by atoms with Crippen molar-refractivity contribution < 1.29 is 9.59 Å². The van der Waals surface area contributed by atoms with E-state index < -0.39 is 18.0 Å². The minimum Gasteiger partial charge on any atom is -0.351 e. The Balaban J connectivity index is 2.29. The summed E-state index contributed by atoms with van der Waals surface area (Å²) in [6, 6.07) is 12.0. The molecule has 2 aromatic rings. The Kier molecular flexibility index (Phi) is 5.68. The van der Waals surface area contributed by atoms with Gasteiger partial charge < -0.3 is 5.73 Å². The number of primary amides is 1. The summed E-state index contributed by atoms with van der Waals surface area (Å²) in [4.78, 5) is 26.7. The lowest BCUT2D eigenvalue weighted by molar-refractivity contribution is -0.125. The lowest BCUT2D eigenvalue weighted by Gasteiger charge is -2.29. The predicted molar refractivity (Wildman–Crippen MR) is 87.3 cm³/mol. The molecule has 3 amide bonds. The monoisotopic (exact) mass is 317 g/mol. The number of likely N-dealkylation sites (N-methyl/N-ethyl adjacent to an activating group) is 1. The van der Waals surface area contributed by atoms with E-state index in [1.165, 1.54) is 0 Å². The average Bonchev–Trinajstić information content (AvgIpc) is 3.00. The van der Waals surface area contributed by atoms with Gasteiger partial charge in [-0.3, -0.25) is 15.0 Å². The minimum absolute atomic E-state index is 0.405. The van der Waals surface area contributed by atoms with Crippen LogP contribution in [0.15, 0.2) is 47.8 Å². The first-order chi connectivity index (χ1) is 10.6. The summed E-state index contributed by atoms with van der Waals surface area (Å²) < 4.78 is 0. The van der Waals surface area contributed by atoms with Crippen molar-refractivity contribution in [3.05, 3.63) is 58.3 Å². The van der Waals surface area contributed by atoms with Gasteiger partial charge in [0.2, 0.25) is 5.91 Å². The number of nitrogens with one attached hydrogen (secondary N) is 1.